The van der Waals surface area contributed by atoms with Crippen molar-refractivity contribution in [3.05, 3.63) is 66.0 Å². The van der Waals surface area contributed by atoms with Crippen LogP contribution in [-0.2, 0) is 14.9 Å². The maximum Gasteiger partial charge on any atom is 0.316 e. The summed E-state index contributed by atoms with van der Waals surface area (Å²) in [6, 6.07) is 16.8. The number of nitrogens with zero attached hydrogens (tertiary/aromatic N) is 2. The van der Waals surface area contributed by atoms with Gasteiger partial charge in [0.1, 0.15) is 5.69 Å². The summed E-state index contributed by atoms with van der Waals surface area (Å²) in [7, 11) is 1.43. The molecular formula is C26H29FN4O2. The molecule has 0 radical (unpaired) electrons. The fourth-order valence-electron chi connectivity index (χ4n) is 4.07. The minimum Gasteiger partial charge on any atom is -0.468 e. The third-order valence-electron chi connectivity index (χ3n) is 5.87. The van der Waals surface area contributed by atoms with Crippen LogP contribution in [0.1, 0.15) is 45.6 Å². The van der Waals surface area contributed by atoms with E-state index in [4.69, 9.17) is 4.74 Å². The Morgan fingerprint density at radius 1 is 1.03 bits per heavy atom. The van der Waals surface area contributed by atoms with E-state index in [1.54, 1.807) is 0 Å². The zero-order valence-electron chi connectivity index (χ0n) is 19.4. The summed E-state index contributed by atoms with van der Waals surface area (Å²) in [6.45, 7) is 5.83. The first-order valence-electron chi connectivity index (χ1n) is 11.1. The number of esters is 1. The van der Waals surface area contributed by atoms with Gasteiger partial charge in [-0.3, -0.25) is 4.79 Å². The molecule has 1 heterocycles. The van der Waals surface area contributed by atoms with E-state index in [1.807, 2.05) is 75.4 Å². The molecule has 0 atom stereocenters. The van der Waals surface area contributed by atoms with Crippen LogP contribution in [0, 0.1) is 5.82 Å². The highest BCUT2D eigenvalue weighted by Gasteiger charge is 2.46. The molecule has 2 aromatic carbocycles. The van der Waals surface area contributed by atoms with E-state index in [9.17, 15) is 4.79 Å². The molecule has 33 heavy (non-hydrogen) atoms. The predicted molar refractivity (Wildman–Crippen MR) is 128 cm³/mol. The van der Waals surface area contributed by atoms with Crippen molar-refractivity contribution in [2.75, 3.05) is 17.7 Å². The number of aromatic nitrogens is 2. The Balaban J connectivity index is 1.66. The average molecular weight is 449 g/mol. The number of carbonyl (C=O) groups excluding carboxylic acids is 1. The second kappa shape index (κ2) is 8.81. The Morgan fingerprint density at radius 2 is 1.70 bits per heavy atom. The van der Waals surface area contributed by atoms with Crippen LogP contribution in [0.3, 0.4) is 0 Å². The number of methoxy groups -OCH3 is 1. The molecular weight excluding hydrogens is 419 g/mol. The largest absolute Gasteiger partial charge is 0.468 e. The van der Waals surface area contributed by atoms with Crippen LogP contribution in [0.2, 0.25) is 0 Å². The lowest BCUT2D eigenvalue weighted by atomic mass is 9.64. The minimum atomic E-state index is -0.552. The van der Waals surface area contributed by atoms with Crippen molar-refractivity contribution in [1.29, 1.82) is 0 Å². The molecule has 1 aliphatic rings. The number of ether oxygens (including phenoxy) is 1. The van der Waals surface area contributed by atoms with Crippen LogP contribution in [0.25, 0.3) is 11.3 Å². The number of anilines is 3. The van der Waals surface area contributed by atoms with E-state index in [0.29, 0.717) is 5.56 Å². The smallest absolute Gasteiger partial charge is 0.316 e. The van der Waals surface area contributed by atoms with Crippen molar-refractivity contribution >= 4 is 23.4 Å². The molecule has 172 valence electrons. The third-order valence-corrected chi connectivity index (χ3v) is 5.87. The van der Waals surface area contributed by atoms with Crippen LogP contribution >= 0.6 is 0 Å². The standard InChI is InChI=1S/C26H29FN4O2/c1-25(2,3)31-22-20(27)21(17-9-6-5-7-10-17)29-24(30-22)28-19-13-11-18(12-14-19)26(15-8-16-26)23(32)33-4/h5-7,9-14H,8,15-16H2,1-4H3,(H2,28,29,30,31). The first-order chi connectivity index (χ1) is 15.7. The van der Waals surface area contributed by atoms with Crippen molar-refractivity contribution in [2.45, 2.75) is 51.0 Å². The number of carbonyl (C=O) groups is 1. The van der Waals surface area contributed by atoms with Gasteiger partial charge in [0.15, 0.2) is 11.6 Å². The predicted octanol–water partition coefficient (Wildman–Crippen LogP) is 5.83. The van der Waals surface area contributed by atoms with Gasteiger partial charge in [-0.15, -0.1) is 0 Å². The zero-order chi connectivity index (χ0) is 23.6. The molecule has 0 spiro atoms. The SMILES string of the molecule is COC(=O)C1(c2ccc(Nc3nc(NC(C)(C)C)c(F)c(-c4ccccc4)n3)cc2)CCC1. The van der Waals surface area contributed by atoms with Gasteiger partial charge in [-0.05, 0) is 51.3 Å². The Morgan fingerprint density at radius 3 is 2.24 bits per heavy atom. The fraction of sp³-hybridized carbons (Fsp3) is 0.346. The highest BCUT2D eigenvalue weighted by molar-refractivity contribution is 5.84. The first-order valence-corrected chi connectivity index (χ1v) is 11.1. The summed E-state index contributed by atoms with van der Waals surface area (Å²) in [5.41, 5.74) is 1.63. The molecule has 6 nitrogen and oxygen atoms in total. The lowest BCUT2D eigenvalue weighted by Gasteiger charge is -2.39. The number of nitrogens with one attached hydrogen (secondary N) is 2. The summed E-state index contributed by atoms with van der Waals surface area (Å²) in [4.78, 5) is 21.2. The molecule has 2 N–H and O–H groups in total. The molecule has 1 aromatic heterocycles. The molecule has 0 unspecified atom stereocenters. The third kappa shape index (κ3) is 4.67. The summed E-state index contributed by atoms with van der Waals surface area (Å²) in [5, 5.41) is 6.31. The number of hydrogen-bond donors (Lipinski definition) is 2. The Kier molecular flexibility index (Phi) is 6.06. The molecule has 7 heteroatoms. The Bertz CT molecular complexity index is 1140. The lowest BCUT2D eigenvalue weighted by Crippen LogP contribution is -2.43. The monoisotopic (exact) mass is 448 g/mol. The minimum absolute atomic E-state index is 0.134. The maximum absolute atomic E-state index is 15.3. The first kappa shape index (κ1) is 22.7. The second-order valence-electron chi connectivity index (χ2n) is 9.43. The average Bonchev–Trinajstić information content (AvgIpc) is 2.75. The fourth-order valence-corrected chi connectivity index (χ4v) is 4.07. The quantitative estimate of drug-likeness (QED) is 0.462. The van der Waals surface area contributed by atoms with Gasteiger partial charge in [-0.2, -0.15) is 4.98 Å². The molecule has 1 fully saturated rings. The summed E-state index contributed by atoms with van der Waals surface area (Å²) < 4.78 is 20.3. The van der Waals surface area contributed by atoms with E-state index in [-0.39, 0.29) is 29.0 Å². The topological polar surface area (TPSA) is 76.1 Å². The maximum atomic E-state index is 15.3. The summed E-state index contributed by atoms with van der Waals surface area (Å²) in [5.74, 6) is -0.278. The van der Waals surface area contributed by atoms with Crippen LogP contribution in [0.15, 0.2) is 54.6 Å². The molecule has 1 saturated carbocycles. The molecule has 0 saturated heterocycles. The number of benzene rings is 2. The number of rotatable bonds is 6. The van der Waals surface area contributed by atoms with Crippen molar-refractivity contribution in [3.63, 3.8) is 0 Å². The van der Waals surface area contributed by atoms with Gasteiger partial charge in [0.25, 0.3) is 0 Å². The summed E-state index contributed by atoms with van der Waals surface area (Å²) in [6.07, 6.45) is 2.58. The number of halogens is 1. The van der Waals surface area contributed by atoms with Crippen LogP contribution in [-0.4, -0.2) is 28.6 Å². The highest BCUT2D eigenvalue weighted by atomic mass is 19.1. The van der Waals surface area contributed by atoms with Crippen molar-refractivity contribution < 1.29 is 13.9 Å². The van der Waals surface area contributed by atoms with Gasteiger partial charge >= 0.3 is 5.97 Å². The van der Waals surface area contributed by atoms with Crippen molar-refractivity contribution in [3.8, 4) is 11.3 Å². The van der Waals surface area contributed by atoms with E-state index in [0.717, 1.165) is 30.5 Å². The molecule has 0 bridgehead atoms. The van der Waals surface area contributed by atoms with E-state index in [1.165, 1.54) is 7.11 Å². The van der Waals surface area contributed by atoms with Gasteiger partial charge in [0.2, 0.25) is 5.95 Å². The molecule has 1 aliphatic carbocycles. The molecule has 4 rings (SSSR count). The van der Waals surface area contributed by atoms with Crippen LogP contribution in [0.4, 0.5) is 21.8 Å². The lowest BCUT2D eigenvalue weighted by molar-refractivity contribution is -0.151. The van der Waals surface area contributed by atoms with Crippen molar-refractivity contribution in [2.24, 2.45) is 0 Å². The number of hydrogen-bond acceptors (Lipinski definition) is 6. The van der Waals surface area contributed by atoms with Gasteiger partial charge in [-0.25, -0.2) is 9.37 Å². The van der Waals surface area contributed by atoms with Gasteiger partial charge in [0, 0.05) is 16.8 Å². The van der Waals surface area contributed by atoms with Gasteiger partial charge < -0.3 is 15.4 Å². The second-order valence-corrected chi connectivity index (χ2v) is 9.43. The van der Waals surface area contributed by atoms with Crippen LogP contribution in [0.5, 0.6) is 0 Å². The highest BCUT2D eigenvalue weighted by Crippen LogP contribution is 2.45. The Labute approximate surface area is 193 Å². The van der Waals surface area contributed by atoms with Crippen LogP contribution < -0.4 is 10.6 Å². The zero-order valence-corrected chi connectivity index (χ0v) is 19.4. The van der Waals surface area contributed by atoms with E-state index >= 15 is 4.39 Å². The van der Waals surface area contributed by atoms with E-state index < -0.39 is 11.2 Å². The van der Waals surface area contributed by atoms with Crippen molar-refractivity contribution in [1.82, 2.24) is 9.97 Å². The molecule has 0 amide bonds. The van der Waals surface area contributed by atoms with E-state index in [2.05, 4.69) is 20.6 Å². The van der Waals surface area contributed by atoms with Gasteiger partial charge in [-0.1, -0.05) is 48.9 Å². The Hall–Kier alpha value is -3.48. The molecule has 0 aliphatic heterocycles. The summed E-state index contributed by atoms with van der Waals surface area (Å²) >= 11 is 0. The normalized spacial score (nSPS) is 14.8. The molecule has 3 aromatic rings. The van der Waals surface area contributed by atoms with Gasteiger partial charge in [0.05, 0.1) is 12.5 Å².